The maximum absolute atomic E-state index is 13.1. The lowest BCUT2D eigenvalue weighted by molar-refractivity contribution is -0.112. The van der Waals surface area contributed by atoms with E-state index in [2.05, 4.69) is 21.2 Å². The number of halogens is 3. The Balaban J connectivity index is 1.84. The van der Waals surface area contributed by atoms with E-state index in [1.807, 2.05) is 13.0 Å². The smallest absolute Gasteiger partial charge is 0.266 e. The molecule has 0 aliphatic rings. The van der Waals surface area contributed by atoms with Crippen LogP contribution in [-0.4, -0.2) is 5.91 Å². The number of carbonyl (C=O) groups excluding carboxylic acids is 1. The fourth-order valence-electron chi connectivity index (χ4n) is 2.73. The zero-order valence-corrected chi connectivity index (χ0v) is 18.8. The lowest BCUT2D eigenvalue weighted by atomic mass is 10.1. The molecule has 0 fully saturated rings. The van der Waals surface area contributed by atoms with Gasteiger partial charge in [-0.1, -0.05) is 45.7 Å². The zero-order chi connectivity index (χ0) is 22.4. The molecule has 0 spiro atoms. The molecule has 0 saturated heterocycles. The van der Waals surface area contributed by atoms with Gasteiger partial charge in [-0.05, 0) is 66.6 Å². The third kappa shape index (κ3) is 6.17. The standard InChI is InChI=1S/C24H17BrClFN2O2/c1-15-2-6-20(26)12-22(15)29-24(30)18(13-28)10-17-11-19(25)5-9-23(17)31-14-16-3-7-21(27)8-4-16/h2-12H,14H2,1H3,(H,29,30)/b18-10+. The van der Waals surface area contributed by atoms with Crippen molar-refractivity contribution in [2.45, 2.75) is 13.5 Å². The van der Waals surface area contributed by atoms with Crippen molar-refractivity contribution in [3.05, 3.63) is 98.2 Å². The summed E-state index contributed by atoms with van der Waals surface area (Å²) in [5, 5.41) is 12.8. The maximum atomic E-state index is 13.1. The minimum absolute atomic E-state index is 0.0934. The second-order valence-electron chi connectivity index (χ2n) is 6.68. The summed E-state index contributed by atoms with van der Waals surface area (Å²) in [5.41, 5.74) is 2.59. The van der Waals surface area contributed by atoms with Crippen LogP contribution >= 0.6 is 27.5 Å². The van der Waals surface area contributed by atoms with E-state index in [0.717, 1.165) is 15.6 Å². The van der Waals surface area contributed by atoms with Crippen LogP contribution in [0.3, 0.4) is 0 Å². The first-order valence-corrected chi connectivity index (χ1v) is 10.4. The van der Waals surface area contributed by atoms with Gasteiger partial charge in [0.2, 0.25) is 0 Å². The molecule has 0 atom stereocenters. The van der Waals surface area contributed by atoms with Crippen LogP contribution in [-0.2, 0) is 11.4 Å². The van der Waals surface area contributed by atoms with E-state index in [9.17, 15) is 14.4 Å². The van der Waals surface area contributed by atoms with Crippen LogP contribution < -0.4 is 10.1 Å². The van der Waals surface area contributed by atoms with Crippen molar-refractivity contribution < 1.29 is 13.9 Å². The summed E-state index contributed by atoms with van der Waals surface area (Å²) in [6.07, 6.45) is 1.46. The van der Waals surface area contributed by atoms with Crippen molar-refractivity contribution >= 4 is 45.2 Å². The molecule has 0 bridgehead atoms. The summed E-state index contributed by atoms with van der Waals surface area (Å²) < 4.78 is 19.7. The number of ether oxygens (including phenoxy) is 1. The van der Waals surface area contributed by atoms with Crippen LogP contribution in [0.2, 0.25) is 5.02 Å². The molecule has 4 nitrogen and oxygen atoms in total. The molecular formula is C24H17BrClFN2O2. The van der Waals surface area contributed by atoms with Crippen molar-refractivity contribution in [1.29, 1.82) is 5.26 Å². The summed E-state index contributed by atoms with van der Waals surface area (Å²) in [7, 11) is 0. The predicted octanol–water partition coefficient (Wildman–Crippen LogP) is 6.67. The lowest BCUT2D eigenvalue weighted by Gasteiger charge is -2.11. The van der Waals surface area contributed by atoms with Crippen LogP contribution in [0.5, 0.6) is 5.75 Å². The summed E-state index contributed by atoms with van der Waals surface area (Å²) in [6.45, 7) is 2.04. The fraction of sp³-hybridized carbons (Fsp3) is 0.0833. The number of anilines is 1. The van der Waals surface area contributed by atoms with Gasteiger partial charge in [0.15, 0.2) is 0 Å². The number of hydrogen-bond acceptors (Lipinski definition) is 3. The molecule has 0 heterocycles. The number of nitrogens with zero attached hydrogens (tertiary/aromatic N) is 1. The van der Waals surface area contributed by atoms with Gasteiger partial charge in [0.05, 0.1) is 0 Å². The number of amides is 1. The van der Waals surface area contributed by atoms with Crippen molar-refractivity contribution in [3.63, 3.8) is 0 Å². The third-order valence-corrected chi connectivity index (χ3v) is 5.12. The van der Waals surface area contributed by atoms with Crippen molar-refractivity contribution in [1.82, 2.24) is 0 Å². The van der Waals surface area contributed by atoms with Gasteiger partial charge < -0.3 is 10.1 Å². The van der Waals surface area contributed by atoms with Crippen LogP contribution in [0.15, 0.2) is 70.7 Å². The summed E-state index contributed by atoms with van der Waals surface area (Å²) >= 11 is 9.40. The number of rotatable bonds is 6. The molecule has 0 aliphatic heterocycles. The van der Waals surface area contributed by atoms with Gasteiger partial charge in [-0.15, -0.1) is 0 Å². The van der Waals surface area contributed by atoms with Crippen LogP contribution in [0, 0.1) is 24.1 Å². The first kappa shape index (κ1) is 22.5. The molecule has 0 radical (unpaired) electrons. The maximum Gasteiger partial charge on any atom is 0.266 e. The van der Waals surface area contributed by atoms with E-state index in [4.69, 9.17) is 16.3 Å². The first-order valence-electron chi connectivity index (χ1n) is 9.22. The third-order valence-electron chi connectivity index (χ3n) is 4.39. The SMILES string of the molecule is Cc1ccc(Cl)cc1NC(=O)/C(C#N)=C/c1cc(Br)ccc1OCc1ccc(F)cc1. The lowest BCUT2D eigenvalue weighted by Crippen LogP contribution is -2.14. The Morgan fingerprint density at radius 2 is 1.94 bits per heavy atom. The highest BCUT2D eigenvalue weighted by molar-refractivity contribution is 9.10. The van der Waals surface area contributed by atoms with Gasteiger partial charge in [0, 0.05) is 20.7 Å². The van der Waals surface area contributed by atoms with E-state index < -0.39 is 5.91 Å². The highest BCUT2D eigenvalue weighted by Gasteiger charge is 2.13. The summed E-state index contributed by atoms with van der Waals surface area (Å²) in [4.78, 5) is 12.7. The molecule has 7 heteroatoms. The summed E-state index contributed by atoms with van der Waals surface area (Å²) in [6, 6.07) is 18.3. The summed E-state index contributed by atoms with van der Waals surface area (Å²) in [5.74, 6) is -0.403. The molecule has 3 aromatic carbocycles. The Kier molecular flexibility index (Phi) is 7.45. The molecule has 156 valence electrons. The molecule has 1 amide bonds. The Hall–Kier alpha value is -3.14. The molecule has 0 aromatic heterocycles. The van der Waals surface area contributed by atoms with E-state index in [0.29, 0.717) is 22.0 Å². The number of aryl methyl sites for hydroxylation is 1. The molecule has 0 unspecified atom stereocenters. The average molecular weight is 500 g/mol. The number of benzene rings is 3. The number of carbonyl (C=O) groups is 1. The normalized spacial score (nSPS) is 11.0. The van der Waals surface area contributed by atoms with Gasteiger partial charge >= 0.3 is 0 Å². The van der Waals surface area contributed by atoms with Crippen LogP contribution in [0.1, 0.15) is 16.7 Å². The number of nitriles is 1. The molecular weight excluding hydrogens is 483 g/mol. The number of hydrogen-bond donors (Lipinski definition) is 1. The fourth-order valence-corrected chi connectivity index (χ4v) is 3.28. The topological polar surface area (TPSA) is 62.1 Å². The Morgan fingerprint density at radius 1 is 1.19 bits per heavy atom. The van der Waals surface area contributed by atoms with Crippen molar-refractivity contribution in [2.75, 3.05) is 5.32 Å². The Labute approximate surface area is 193 Å². The van der Waals surface area contributed by atoms with E-state index in [1.165, 1.54) is 18.2 Å². The van der Waals surface area contributed by atoms with Crippen molar-refractivity contribution in [2.24, 2.45) is 0 Å². The second-order valence-corrected chi connectivity index (χ2v) is 8.03. The largest absolute Gasteiger partial charge is 0.488 e. The van der Waals surface area contributed by atoms with Crippen LogP contribution in [0.4, 0.5) is 10.1 Å². The molecule has 31 heavy (non-hydrogen) atoms. The van der Waals surface area contributed by atoms with Gasteiger partial charge in [-0.25, -0.2) is 4.39 Å². The van der Waals surface area contributed by atoms with Gasteiger partial charge in [-0.3, -0.25) is 4.79 Å². The van der Waals surface area contributed by atoms with Gasteiger partial charge in [0.25, 0.3) is 5.91 Å². The van der Waals surface area contributed by atoms with Gasteiger partial charge in [-0.2, -0.15) is 5.26 Å². The predicted molar refractivity (Wildman–Crippen MR) is 123 cm³/mol. The minimum Gasteiger partial charge on any atom is -0.488 e. The van der Waals surface area contributed by atoms with Crippen LogP contribution in [0.25, 0.3) is 6.08 Å². The molecule has 1 N–H and O–H groups in total. The Morgan fingerprint density at radius 3 is 2.65 bits per heavy atom. The molecule has 0 aliphatic carbocycles. The average Bonchev–Trinajstić information content (AvgIpc) is 2.75. The van der Waals surface area contributed by atoms with Gasteiger partial charge in [0.1, 0.15) is 29.8 Å². The highest BCUT2D eigenvalue weighted by Crippen LogP contribution is 2.27. The monoisotopic (exact) mass is 498 g/mol. The molecule has 3 aromatic rings. The minimum atomic E-state index is -0.558. The van der Waals surface area contributed by atoms with E-state index >= 15 is 0 Å². The highest BCUT2D eigenvalue weighted by atomic mass is 79.9. The first-order chi connectivity index (χ1) is 14.9. The second kappa shape index (κ2) is 10.3. The van der Waals surface area contributed by atoms with E-state index in [-0.39, 0.29) is 18.0 Å². The van der Waals surface area contributed by atoms with E-state index in [1.54, 1.807) is 48.5 Å². The quantitative estimate of drug-likeness (QED) is 0.304. The molecule has 3 rings (SSSR count). The Bertz CT molecular complexity index is 1190. The number of nitrogens with one attached hydrogen (secondary N) is 1. The molecule has 0 saturated carbocycles. The zero-order valence-electron chi connectivity index (χ0n) is 16.5. The van der Waals surface area contributed by atoms with Crippen molar-refractivity contribution in [3.8, 4) is 11.8 Å².